The van der Waals surface area contributed by atoms with E-state index in [1.54, 1.807) is 23.0 Å². The van der Waals surface area contributed by atoms with Gasteiger partial charge in [0, 0.05) is 12.1 Å². The van der Waals surface area contributed by atoms with E-state index in [0.29, 0.717) is 28.1 Å². The van der Waals surface area contributed by atoms with Crippen molar-refractivity contribution in [3.05, 3.63) is 52.7 Å². The van der Waals surface area contributed by atoms with Crippen molar-refractivity contribution in [3.8, 4) is 0 Å². The number of hydrogen-bond donors (Lipinski definition) is 1. The fourth-order valence-electron chi connectivity index (χ4n) is 1.87. The first-order valence-electron chi connectivity index (χ1n) is 5.25. The van der Waals surface area contributed by atoms with Crippen LogP contribution in [-0.4, -0.2) is 9.55 Å². The van der Waals surface area contributed by atoms with E-state index in [-0.39, 0.29) is 0 Å². The second-order valence-electron chi connectivity index (χ2n) is 3.88. The van der Waals surface area contributed by atoms with Crippen LogP contribution in [0.5, 0.6) is 0 Å². The van der Waals surface area contributed by atoms with Crippen molar-refractivity contribution in [2.24, 2.45) is 0 Å². The lowest BCUT2D eigenvalue weighted by molar-refractivity contribution is 0.494. The van der Waals surface area contributed by atoms with Crippen LogP contribution in [0, 0.1) is 16.4 Å². The zero-order valence-electron chi connectivity index (χ0n) is 9.11. The normalized spacial score (nSPS) is 11.2. The summed E-state index contributed by atoms with van der Waals surface area (Å²) in [6.45, 7) is 0.372. The van der Waals surface area contributed by atoms with Crippen molar-refractivity contribution in [3.63, 3.8) is 0 Å². The van der Waals surface area contributed by atoms with Gasteiger partial charge in [-0.05, 0) is 24.4 Å². The molecule has 0 atom stereocenters. The lowest BCUT2D eigenvalue weighted by atomic mass is 10.3. The topological polar surface area (TPSA) is 33.9 Å². The van der Waals surface area contributed by atoms with Crippen molar-refractivity contribution in [1.82, 2.24) is 9.55 Å². The third-order valence-corrected chi connectivity index (χ3v) is 3.03. The molecule has 92 valence electrons. The first-order valence-corrected chi connectivity index (χ1v) is 5.66. The van der Waals surface area contributed by atoms with Crippen molar-refractivity contribution in [2.75, 3.05) is 0 Å². The molecule has 1 aromatic carbocycles. The third kappa shape index (κ3) is 1.74. The maximum atomic E-state index is 13.3. The Morgan fingerprint density at radius 1 is 1.28 bits per heavy atom. The second-order valence-corrected chi connectivity index (χ2v) is 4.27. The Labute approximate surface area is 106 Å². The number of aromatic nitrogens is 2. The summed E-state index contributed by atoms with van der Waals surface area (Å²) in [7, 11) is 0. The minimum Gasteiger partial charge on any atom is -0.467 e. The number of aromatic amines is 1. The minimum atomic E-state index is -0.899. The lowest BCUT2D eigenvalue weighted by Crippen LogP contribution is -1.98. The molecule has 3 aromatic rings. The Morgan fingerprint density at radius 2 is 2.06 bits per heavy atom. The van der Waals surface area contributed by atoms with Gasteiger partial charge in [0.15, 0.2) is 16.4 Å². The predicted molar refractivity (Wildman–Crippen MR) is 64.8 cm³/mol. The number of nitrogens with zero attached hydrogens (tertiary/aromatic N) is 1. The molecule has 0 aliphatic carbocycles. The molecule has 0 spiro atoms. The van der Waals surface area contributed by atoms with Gasteiger partial charge in [-0.2, -0.15) is 0 Å². The van der Waals surface area contributed by atoms with E-state index in [4.69, 9.17) is 16.6 Å². The number of imidazole rings is 1. The van der Waals surface area contributed by atoms with Gasteiger partial charge in [0.05, 0.1) is 23.8 Å². The lowest BCUT2D eigenvalue weighted by Gasteiger charge is -2.02. The summed E-state index contributed by atoms with van der Waals surface area (Å²) in [6.07, 6.45) is 1.55. The Hall–Kier alpha value is -1.95. The summed E-state index contributed by atoms with van der Waals surface area (Å²) in [4.78, 5) is 2.84. The van der Waals surface area contributed by atoms with Crippen LogP contribution in [0.4, 0.5) is 8.78 Å². The van der Waals surface area contributed by atoms with Gasteiger partial charge in [0.2, 0.25) is 0 Å². The van der Waals surface area contributed by atoms with Crippen LogP contribution in [0.2, 0.25) is 0 Å². The van der Waals surface area contributed by atoms with Gasteiger partial charge < -0.3 is 14.0 Å². The summed E-state index contributed by atoms with van der Waals surface area (Å²) >= 11 is 5.13. The standard InChI is InChI=1S/C12H8F2N2OS/c13-8-4-10-11(5-9(8)14)16(12(18)15-10)6-7-2-1-3-17-7/h1-5H,6H2,(H,15,18). The van der Waals surface area contributed by atoms with Crippen molar-refractivity contribution in [1.29, 1.82) is 0 Å². The number of H-pyrrole nitrogens is 1. The molecule has 2 aromatic heterocycles. The molecular formula is C12H8F2N2OS. The highest BCUT2D eigenvalue weighted by Crippen LogP contribution is 2.19. The maximum Gasteiger partial charge on any atom is 0.178 e. The fourth-order valence-corrected chi connectivity index (χ4v) is 2.14. The fraction of sp³-hybridized carbons (Fsp3) is 0.0833. The Morgan fingerprint density at radius 3 is 2.78 bits per heavy atom. The average Bonchev–Trinajstić information content (AvgIpc) is 2.92. The molecule has 0 saturated carbocycles. The molecule has 0 fully saturated rings. The van der Waals surface area contributed by atoms with Crippen molar-refractivity contribution in [2.45, 2.75) is 6.54 Å². The van der Waals surface area contributed by atoms with E-state index in [1.807, 2.05) is 0 Å². The molecule has 0 saturated heterocycles. The zero-order valence-corrected chi connectivity index (χ0v) is 9.93. The molecule has 0 bridgehead atoms. The maximum absolute atomic E-state index is 13.3. The molecule has 3 rings (SSSR count). The van der Waals surface area contributed by atoms with Gasteiger partial charge in [0.25, 0.3) is 0 Å². The van der Waals surface area contributed by atoms with Gasteiger partial charge >= 0.3 is 0 Å². The molecular weight excluding hydrogens is 258 g/mol. The smallest absolute Gasteiger partial charge is 0.178 e. The van der Waals surface area contributed by atoms with Crippen LogP contribution in [0.3, 0.4) is 0 Å². The largest absolute Gasteiger partial charge is 0.467 e. The molecule has 6 heteroatoms. The number of fused-ring (bicyclic) bond motifs is 1. The monoisotopic (exact) mass is 266 g/mol. The van der Waals surface area contributed by atoms with Crippen LogP contribution < -0.4 is 0 Å². The number of hydrogen-bond acceptors (Lipinski definition) is 2. The van der Waals surface area contributed by atoms with Crippen LogP contribution in [0.15, 0.2) is 34.9 Å². The summed E-state index contributed by atoms with van der Waals surface area (Å²) < 4.78 is 33.6. The average molecular weight is 266 g/mol. The highest BCUT2D eigenvalue weighted by molar-refractivity contribution is 7.71. The summed E-state index contributed by atoms with van der Waals surface area (Å²) in [5.41, 5.74) is 0.973. The number of rotatable bonds is 2. The third-order valence-electron chi connectivity index (χ3n) is 2.71. The zero-order chi connectivity index (χ0) is 12.7. The van der Waals surface area contributed by atoms with Crippen LogP contribution in [0.1, 0.15) is 5.76 Å². The first-order chi connectivity index (χ1) is 8.65. The molecule has 0 aliphatic rings. The van der Waals surface area contributed by atoms with E-state index < -0.39 is 11.6 Å². The molecule has 0 aliphatic heterocycles. The number of nitrogens with one attached hydrogen (secondary N) is 1. The highest BCUT2D eigenvalue weighted by Gasteiger charge is 2.11. The van der Waals surface area contributed by atoms with Gasteiger partial charge in [-0.25, -0.2) is 8.78 Å². The van der Waals surface area contributed by atoms with Gasteiger partial charge in [-0.15, -0.1) is 0 Å². The van der Waals surface area contributed by atoms with Gasteiger partial charge in [-0.1, -0.05) is 0 Å². The van der Waals surface area contributed by atoms with Crippen LogP contribution >= 0.6 is 12.2 Å². The van der Waals surface area contributed by atoms with E-state index in [9.17, 15) is 8.78 Å². The predicted octanol–water partition coefficient (Wildman–Crippen LogP) is 3.62. The summed E-state index contributed by atoms with van der Waals surface area (Å²) in [6, 6.07) is 5.77. The number of benzene rings is 1. The highest BCUT2D eigenvalue weighted by atomic mass is 32.1. The van der Waals surface area contributed by atoms with E-state index in [0.717, 1.165) is 12.1 Å². The van der Waals surface area contributed by atoms with Crippen molar-refractivity contribution >= 4 is 23.3 Å². The summed E-state index contributed by atoms with van der Waals surface area (Å²) in [5.74, 6) is -1.11. The SMILES string of the molecule is Fc1cc2[nH]c(=S)n(Cc3ccco3)c2cc1F. The molecule has 0 radical (unpaired) electrons. The Balaban J connectivity index is 2.19. The molecule has 2 heterocycles. The molecule has 0 unspecified atom stereocenters. The quantitative estimate of drug-likeness (QED) is 0.719. The molecule has 0 amide bonds. The van der Waals surface area contributed by atoms with Gasteiger partial charge in [-0.3, -0.25) is 0 Å². The van der Waals surface area contributed by atoms with Crippen molar-refractivity contribution < 1.29 is 13.2 Å². The first kappa shape index (κ1) is 11.2. The second kappa shape index (κ2) is 4.06. The molecule has 1 N–H and O–H groups in total. The summed E-state index contributed by atoms with van der Waals surface area (Å²) in [5, 5.41) is 0. The number of halogens is 2. The molecule has 3 nitrogen and oxygen atoms in total. The van der Waals surface area contributed by atoms with E-state index in [1.165, 1.54) is 0 Å². The van der Waals surface area contributed by atoms with Crippen LogP contribution in [-0.2, 0) is 6.54 Å². The Bertz CT molecular complexity index is 758. The van der Waals surface area contributed by atoms with Gasteiger partial charge in [0.1, 0.15) is 5.76 Å². The Kier molecular flexibility index (Phi) is 2.52. The van der Waals surface area contributed by atoms with E-state index >= 15 is 0 Å². The number of furan rings is 1. The van der Waals surface area contributed by atoms with Crippen LogP contribution in [0.25, 0.3) is 11.0 Å². The van der Waals surface area contributed by atoms with E-state index in [2.05, 4.69) is 4.98 Å². The minimum absolute atomic E-state index is 0.372. The molecule has 18 heavy (non-hydrogen) atoms.